The molecule has 0 spiro atoms. The van der Waals surface area contributed by atoms with Gasteiger partial charge in [0.05, 0.1) is 11.9 Å². The summed E-state index contributed by atoms with van der Waals surface area (Å²) in [6, 6.07) is 3.68. The molecule has 1 aromatic heterocycles. The van der Waals surface area contributed by atoms with Gasteiger partial charge in [0.15, 0.2) is 0 Å². The van der Waals surface area contributed by atoms with Crippen molar-refractivity contribution >= 4 is 11.6 Å². The van der Waals surface area contributed by atoms with Crippen molar-refractivity contribution in [3.05, 3.63) is 24.0 Å². The average molecular weight is 276 g/mol. The molecule has 1 fully saturated rings. The van der Waals surface area contributed by atoms with Crippen LogP contribution in [0.2, 0.25) is 0 Å². The highest BCUT2D eigenvalue weighted by molar-refractivity contribution is 5.92. The molecule has 1 aliphatic rings. The summed E-state index contributed by atoms with van der Waals surface area (Å²) in [5.74, 6) is 0.754. The lowest BCUT2D eigenvalue weighted by Gasteiger charge is -2.33. The number of piperidine rings is 1. The summed E-state index contributed by atoms with van der Waals surface area (Å²) in [7, 11) is 6.05. The maximum absolute atomic E-state index is 12.4. The Morgan fingerprint density at radius 1 is 1.40 bits per heavy atom. The number of nitrogens with one attached hydrogen (secondary N) is 1. The summed E-state index contributed by atoms with van der Waals surface area (Å²) in [6.07, 6.45) is 3.86. The number of nitrogens with zero attached hydrogens (tertiary/aromatic N) is 3. The van der Waals surface area contributed by atoms with Crippen LogP contribution in [0.15, 0.2) is 18.3 Å². The molecule has 20 heavy (non-hydrogen) atoms. The number of carbonyl (C=O) groups excluding carboxylic acids is 1. The van der Waals surface area contributed by atoms with Gasteiger partial charge in [0.2, 0.25) is 0 Å². The van der Waals surface area contributed by atoms with Gasteiger partial charge in [-0.05, 0) is 45.0 Å². The molecule has 0 unspecified atom stereocenters. The van der Waals surface area contributed by atoms with Gasteiger partial charge in [0.1, 0.15) is 5.69 Å². The van der Waals surface area contributed by atoms with Crippen LogP contribution >= 0.6 is 0 Å². The number of pyridine rings is 1. The minimum absolute atomic E-state index is 0.0518. The van der Waals surface area contributed by atoms with Crippen molar-refractivity contribution in [2.75, 3.05) is 46.1 Å². The molecule has 0 bridgehead atoms. The predicted molar refractivity (Wildman–Crippen MR) is 81.0 cm³/mol. The van der Waals surface area contributed by atoms with Crippen LogP contribution in [-0.2, 0) is 0 Å². The van der Waals surface area contributed by atoms with Crippen molar-refractivity contribution in [1.29, 1.82) is 0 Å². The van der Waals surface area contributed by atoms with Crippen molar-refractivity contribution in [3.63, 3.8) is 0 Å². The van der Waals surface area contributed by atoms with Crippen LogP contribution in [0.25, 0.3) is 0 Å². The van der Waals surface area contributed by atoms with Gasteiger partial charge in [-0.1, -0.05) is 0 Å². The molecule has 1 saturated heterocycles. The Balaban J connectivity index is 1.90. The smallest absolute Gasteiger partial charge is 0.272 e. The summed E-state index contributed by atoms with van der Waals surface area (Å²) in [5, 5.41) is 3.00. The molecule has 0 aromatic carbocycles. The fourth-order valence-electron chi connectivity index (χ4n) is 2.67. The lowest BCUT2D eigenvalue weighted by atomic mass is 9.96. The molecule has 5 nitrogen and oxygen atoms in total. The number of carbonyl (C=O) groups is 1. The quantitative estimate of drug-likeness (QED) is 0.906. The first kappa shape index (κ1) is 14.8. The van der Waals surface area contributed by atoms with Crippen molar-refractivity contribution in [2.45, 2.75) is 12.8 Å². The molecule has 0 saturated carbocycles. The zero-order valence-corrected chi connectivity index (χ0v) is 12.6. The van der Waals surface area contributed by atoms with Gasteiger partial charge in [-0.25, -0.2) is 4.98 Å². The molecule has 2 rings (SSSR count). The molecule has 1 N–H and O–H groups in total. The van der Waals surface area contributed by atoms with Gasteiger partial charge in [-0.3, -0.25) is 4.79 Å². The first-order valence-electron chi connectivity index (χ1n) is 7.18. The number of aromatic nitrogens is 1. The van der Waals surface area contributed by atoms with E-state index in [4.69, 9.17) is 0 Å². The van der Waals surface area contributed by atoms with Crippen LogP contribution in [0.1, 0.15) is 23.3 Å². The molecular formula is C15H24N4O. The van der Waals surface area contributed by atoms with Gasteiger partial charge in [0.25, 0.3) is 5.91 Å². The SMILES string of the molecule is CNc1ccc(C(=O)N2CCC(CN(C)C)CC2)nc1. The average Bonchev–Trinajstić information content (AvgIpc) is 2.47. The Kier molecular flexibility index (Phi) is 4.95. The first-order valence-corrected chi connectivity index (χ1v) is 7.18. The number of rotatable bonds is 4. The summed E-state index contributed by atoms with van der Waals surface area (Å²) in [5.41, 5.74) is 1.46. The standard InChI is InChI=1S/C15H24N4O/c1-16-13-4-5-14(17-10-13)15(20)19-8-6-12(7-9-19)11-18(2)3/h4-5,10,12,16H,6-9,11H2,1-3H3. The second-order valence-corrected chi connectivity index (χ2v) is 5.68. The van der Waals surface area contributed by atoms with Gasteiger partial charge < -0.3 is 15.1 Å². The number of hydrogen-bond donors (Lipinski definition) is 1. The number of anilines is 1. The highest BCUT2D eigenvalue weighted by atomic mass is 16.2. The first-order chi connectivity index (χ1) is 9.60. The molecule has 110 valence electrons. The van der Waals surface area contributed by atoms with Gasteiger partial charge in [-0.15, -0.1) is 0 Å². The minimum Gasteiger partial charge on any atom is -0.387 e. The lowest BCUT2D eigenvalue weighted by molar-refractivity contribution is 0.0672. The van der Waals surface area contributed by atoms with Gasteiger partial charge in [0, 0.05) is 26.7 Å². The molecule has 1 amide bonds. The second-order valence-electron chi connectivity index (χ2n) is 5.68. The van der Waals surface area contributed by atoms with Gasteiger partial charge in [-0.2, -0.15) is 0 Å². The fraction of sp³-hybridized carbons (Fsp3) is 0.600. The van der Waals surface area contributed by atoms with Crippen LogP contribution in [-0.4, -0.2) is 61.5 Å². The molecule has 5 heteroatoms. The van der Waals surface area contributed by atoms with Crippen molar-refractivity contribution in [1.82, 2.24) is 14.8 Å². The summed E-state index contributed by atoms with van der Waals surface area (Å²) < 4.78 is 0. The van der Waals surface area contributed by atoms with E-state index in [0.29, 0.717) is 11.6 Å². The van der Waals surface area contributed by atoms with Gasteiger partial charge >= 0.3 is 0 Å². The van der Waals surface area contributed by atoms with Crippen molar-refractivity contribution in [3.8, 4) is 0 Å². The molecule has 0 atom stereocenters. The van der Waals surface area contributed by atoms with Crippen LogP contribution in [0.3, 0.4) is 0 Å². The maximum atomic E-state index is 12.4. The van der Waals surface area contributed by atoms with Crippen LogP contribution in [0.5, 0.6) is 0 Å². The van der Waals surface area contributed by atoms with E-state index in [1.54, 1.807) is 12.3 Å². The van der Waals surface area contributed by atoms with E-state index in [-0.39, 0.29) is 5.91 Å². The lowest BCUT2D eigenvalue weighted by Crippen LogP contribution is -2.40. The number of amides is 1. The van der Waals surface area contributed by atoms with E-state index in [9.17, 15) is 4.79 Å². The Morgan fingerprint density at radius 3 is 2.60 bits per heavy atom. The third-order valence-corrected chi connectivity index (χ3v) is 3.80. The van der Waals surface area contributed by atoms with E-state index in [1.807, 2.05) is 18.0 Å². The summed E-state index contributed by atoms with van der Waals surface area (Å²) >= 11 is 0. The Bertz CT molecular complexity index is 436. The normalized spacial score (nSPS) is 16.5. The number of likely N-dealkylation sites (tertiary alicyclic amines) is 1. The molecule has 1 aromatic rings. The van der Waals surface area contributed by atoms with Crippen LogP contribution in [0.4, 0.5) is 5.69 Å². The molecule has 1 aliphatic heterocycles. The Hall–Kier alpha value is -1.62. The zero-order valence-electron chi connectivity index (χ0n) is 12.6. The van der Waals surface area contributed by atoms with Crippen LogP contribution < -0.4 is 5.32 Å². The third kappa shape index (κ3) is 3.70. The minimum atomic E-state index is 0.0518. The topological polar surface area (TPSA) is 48.5 Å². The summed E-state index contributed by atoms with van der Waals surface area (Å²) in [4.78, 5) is 20.7. The zero-order chi connectivity index (χ0) is 14.5. The maximum Gasteiger partial charge on any atom is 0.272 e. The molecule has 2 heterocycles. The second kappa shape index (κ2) is 6.70. The predicted octanol–water partition coefficient (Wildman–Crippen LogP) is 1.54. The largest absolute Gasteiger partial charge is 0.387 e. The molecular weight excluding hydrogens is 252 g/mol. The third-order valence-electron chi connectivity index (χ3n) is 3.80. The van der Waals surface area contributed by atoms with Crippen LogP contribution in [0, 0.1) is 5.92 Å². The van der Waals surface area contributed by atoms with E-state index in [2.05, 4.69) is 29.3 Å². The molecule has 0 aliphatic carbocycles. The van der Waals surface area contributed by atoms with Crippen molar-refractivity contribution in [2.24, 2.45) is 5.92 Å². The van der Waals surface area contributed by atoms with E-state index in [1.165, 1.54) is 0 Å². The Labute approximate surface area is 121 Å². The number of hydrogen-bond acceptors (Lipinski definition) is 4. The monoisotopic (exact) mass is 276 g/mol. The summed E-state index contributed by atoms with van der Waals surface area (Å²) in [6.45, 7) is 2.79. The fourth-order valence-corrected chi connectivity index (χ4v) is 2.67. The Morgan fingerprint density at radius 2 is 2.10 bits per heavy atom. The van der Waals surface area contributed by atoms with Crippen molar-refractivity contribution < 1.29 is 4.79 Å². The highest BCUT2D eigenvalue weighted by Crippen LogP contribution is 2.19. The van der Waals surface area contributed by atoms with E-state index in [0.717, 1.165) is 38.2 Å². The molecule has 0 radical (unpaired) electrons. The van der Waals surface area contributed by atoms with E-state index >= 15 is 0 Å². The van der Waals surface area contributed by atoms with E-state index < -0.39 is 0 Å². The highest BCUT2D eigenvalue weighted by Gasteiger charge is 2.24.